The fraction of sp³-hybridized carbons (Fsp3) is 0.500. The Kier molecular flexibility index (Phi) is 5.45. The van der Waals surface area contributed by atoms with E-state index >= 15 is 0 Å². The second kappa shape index (κ2) is 7.85. The van der Waals surface area contributed by atoms with Crippen LogP contribution in [0.15, 0.2) is 30.0 Å². The van der Waals surface area contributed by atoms with Crippen LogP contribution < -0.4 is 0 Å². The highest BCUT2D eigenvalue weighted by molar-refractivity contribution is 7.94. The van der Waals surface area contributed by atoms with Crippen molar-refractivity contribution >= 4 is 33.9 Å². The molecule has 1 N–H and O–H groups in total. The van der Waals surface area contributed by atoms with Gasteiger partial charge < -0.3 is 24.5 Å². The van der Waals surface area contributed by atoms with E-state index in [9.17, 15) is 27.9 Å². The Hall–Kier alpha value is -2.99. The number of hydrogen-bond acceptors (Lipinski definition) is 8. The van der Waals surface area contributed by atoms with Crippen LogP contribution in [0.4, 0.5) is 4.79 Å². The molecule has 3 saturated heterocycles. The summed E-state index contributed by atoms with van der Waals surface area (Å²) in [4.78, 5) is 45.7. The van der Waals surface area contributed by atoms with E-state index in [-0.39, 0.29) is 5.57 Å². The molecule has 4 rings (SSSR count). The first-order valence-electron chi connectivity index (χ1n) is 10.1. The van der Waals surface area contributed by atoms with Crippen molar-refractivity contribution in [3.63, 3.8) is 0 Å². The van der Waals surface area contributed by atoms with Gasteiger partial charge in [0.1, 0.15) is 11.4 Å². The van der Waals surface area contributed by atoms with Gasteiger partial charge in [-0.05, 0) is 32.2 Å². The van der Waals surface area contributed by atoms with Gasteiger partial charge in [-0.15, -0.1) is 0 Å². The summed E-state index contributed by atoms with van der Waals surface area (Å²) >= 11 is 0. The molecule has 0 bridgehead atoms. The van der Waals surface area contributed by atoms with Crippen LogP contribution in [0.25, 0.3) is 6.08 Å². The third-order valence-corrected chi connectivity index (χ3v) is 8.98. The van der Waals surface area contributed by atoms with Crippen molar-refractivity contribution < 1.29 is 32.6 Å². The summed E-state index contributed by atoms with van der Waals surface area (Å²) in [5.41, 5.74) is 0.330. The van der Waals surface area contributed by atoms with E-state index in [1.807, 2.05) is 11.9 Å². The van der Waals surface area contributed by atoms with Crippen LogP contribution in [-0.2, 0) is 24.2 Å². The molecule has 3 fully saturated rings. The van der Waals surface area contributed by atoms with E-state index < -0.39 is 50.6 Å². The minimum absolute atomic E-state index is 0.0518. The predicted octanol–water partition coefficient (Wildman–Crippen LogP) is -0.342. The summed E-state index contributed by atoms with van der Waals surface area (Å²) in [5, 5.41) is 8.37. The number of nitrogens with zero attached hydrogens (tertiary/aromatic N) is 4. The molecule has 2 amide bonds. The maximum absolute atomic E-state index is 13.4. The zero-order valence-electron chi connectivity index (χ0n) is 17.7. The highest BCUT2D eigenvalue weighted by atomic mass is 32.2. The Morgan fingerprint density at radius 1 is 1.28 bits per heavy atom. The smallest absolute Gasteiger partial charge is 0.409 e. The van der Waals surface area contributed by atoms with Crippen LogP contribution in [0.3, 0.4) is 0 Å². The molecule has 12 heteroatoms. The van der Waals surface area contributed by atoms with Crippen molar-refractivity contribution in [2.45, 2.75) is 23.1 Å². The molecular formula is C20H24N4O7S. The van der Waals surface area contributed by atoms with Gasteiger partial charge in [0.05, 0.1) is 11.3 Å². The number of β-lactam (4-membered cyclic amide) rings is 1. The molecule has 4 heterocycles. The lowest BCUT2D eigenvalue weighted by atomic mass is 9.94. The number of pyridine rings is 1. The first-order valence-corrected chi connectivity index (χ1v) is 11.6. The van der Waals surface area contributed by atoms with Crippen molar-refractivity contribution in [3.8, 4) is 0 Å². The van der Waals surface area contributed by atoms with Crippen molar-refractivity contribution in [1.29, 1.82) is 0 Å². The van der Waals surface area contributed by atoms with Gasteiger partial charge in [0, 0.05) is 32.4 Å². The van der Waals surface area contributed by atoms with E-state index in [4.69, 9.17) is 4.74 Å². The number of carboxylic acids is 1. The van der Waals surface area contributed by atoms with E-state index in [1.165, 1.54) is 24.1 Å². The van der Waals surface area contributed by atoms with Crippen LogP contribution in [0.5, 0.6) is 0 Å². The van der Waals surface area contributed by atoms with Gasteiger partial charge in [-0.25, -0.2) is 18.0 Å². The monoisotopic (exact) mass is 464 g/mol. The largest absolute Gasteiger partial charge is 0.480 e. The van der Waals surface area contributed by atoms with Gasteiger partial charge in [-0.2, -0.15) is 0 Å². The molecular weight excluding hydrogens is 440 g/mol. The molecule has 0 aromatic carbocycles. The zero-order chi connectivity index (χ0) is 23.3. The van der Waals surface area contributed by atoms with Gasteiger partial charge in [0.25, 0.3) is 5.91 Å². The lowest BCUT2D eigenvalue weighted by molar-refractivity contribution is -0.153. The minimum Gasteiger partial charge on any atom is -0.480 e. The Morgan fingerprint density at radius 2 is 1.97 bits per heavy atom. The topological polar surface area (TPSA) is 137 Å². The van der Waals surface area contributed by atoms with Gasteiger partial charge in [-0.1, -0.05) is 6.07 Å². The Bertz CT molecular complexity index is 1080. The van der Waals surface area contributed by atoms with Crippen LogP contribution in [0.2, 0.25) is 0 Å². The molecule has 0 aliphatic carbocycles. The summed E-state index contributed by atoms with van der Waals surface area (Å²) in [6, 6.07) is 3.29. The van der Waals surface area contributed by atoms with Crippen molar-refractivity contribution in [2.24, 2.45) is 0 Å². The number of carbonyl (C=O) groups is 3. The quantitative estimate of drug-likeness (QED) is 0.468. The summed E-state index contributed by atoms with van der Waals surface area (Å²) in [6.45, 7) is 2.68. The molecule has 172 valence electrons. The lowest BCUT2D eigenvalue weighted by Gasteiger charge is -2.38. The molecule has 0 spiro atoms. The number of sulfone groups is 1. The van der Waals surface area contributed by atoms with E-state index in [0.717, 1.165) is 4.90 Å². The third kappa shape index (κ3) is 3.34. The van der Waals surface area contributed by atoms with Gasteiger partial charge >= 0.3 is 12.1 Å². The summed E-state index contributed by atoms with van der Waals surface area (Å²) < 4.78 is 30.2. The molecule has 1 aromatic rings. The normalized spacial score (nSPS) is 30.7. The van der Waals surface area contributed by atoms with E-state index in [1.54, 1.807) is 18.2 Å². The van der Waals surface area contributed by atoms with Gasteiger partial charge in [-0.3, -0.25) is 9.78 Å². The molecule has 3 atom stereocenters. The summed E-state index contributed by atoms with van der Waals surface area (Å²) in [5.74, 6) is -2.16. The van der Waals surface area contributed by atoms with Crippen LogP contribution in [0.1, 0.15) is 12.6 Å². The van der Waals surface area contributed by atoms with Crippen molar-refractivity contribution in [2.75, 3.05) is 39.8 Å². The van der Waals surface area contributed by atoms with Crippen molar-refractivity contribution in [3.05, 3.63) is 35.7 Å². The number of likely N-dealkylation sites (N-methyl/N-ethyl adjacent to an activating group) is 1. The molecule has 3 aliphatic rings. The zero-order valence-corrected chi connectivity index (χ0v) is 18.5. The Labute approximate surface area is 185 Å². The highest BCUT2D eigenvalue weighted by Gasteiger charge is 2.72. The number of carboxylic acid groups (broad SMARTS) is 1. The number of aliphatic carboxylic acids is 1. The number of aromatic nitrogens is 1. The number of rotatable bonds is 4. The minimum atomic E-state index is -4.24. The number of carbonyl (C=O) groups excluding carboxylic acids is 2. The number of piperazine rings is 1. The molecule has 0 saturated carbocycles. The Morgan fingerprint density at radius 3 is 2.56 bits per heavy atom. The molecule has 0 radical (unpaired) electrons. The van der Waals surface area contributed by atoms with Gasteiger partial charge in [0.15, 0.2) is 21.3 Å². The first-order chi connectivity index (χ1) is 15.1. The van der Waals surface area contributed by atoms with Gasteiger partial charge in [0.2, 0.25) is 0 Å². The van der Waals surface area contributed by atoms with E-state index in [2.05, 4.69) is 4.98 Å². The second-order valence-electron chi connectivity index (χ2n) is 8.36. The SMILES string of the molecule is CN1CCN(C(=O)OC[C@@]2(C)[C@H](C(=O)O)N3C(=O)C(=Cc4ccccn4)[C@H]3S2(=O)=O)CC1. The first kappa shape index (κ1) is 22.2. The lowest BCUT2D eigenvalue weighted by Crippen LogP contribution is -2.59. The maximum Gasteiger partial charge on any atom is 0.409 e. The summed E-state index contributed by atoms with van der Waals surface area (Å²) in [7, 11) is -2.31. The highest BCUT2D eigenvalue weighted by Crippen LogP contribution is 2.49. The number of amides is 2. The molecule has 11 nitrogen and oxygen atoms in total. The maximum atomic E-state index is 13.4. The second-order valence-corrected chi connectivity index (χ2v) is 10.8. The number of ether oxygens (including phenoxy) is 1. The number of fused-ring (bicyclic) bond motifs is 1. The average Bonchev–Trinajstić information content (AvgIpc) is 2.92. The third-order valence-electron chi connectivity index (χ3n) is 6.27. The van der Waals surface area contributed by atoms with Crippen LogP contribution >= 0.6 is 0 Å². The standard InChI is InChI=1S/C20H24N4O7S/c1-20(12-31-19(28)23-9-7-22(2)8-10-23)15(18(26)27)24-16(25)14(17(24)32(20,29)30)11-13-5-3-4-6-21-13/h3-6,11,15,17H,7-10,12H2,1-2H3,(H,26,27)/t15-,17+,20-/m0/s1. The van der Waals surface area contributed by atoms with Crippen molar-refractivity contribution in [1.82, 2.24) is 19.7 Å². The van der Waals surface area contributed by atoms with Crippen LogP contribution in [0, 0.1) is 0 Å². The molecule has 32 heavy (non-hydrogen) atoms. The molecule has 3 aliphatic heterocycles. The van der Waals surface area contributed by atoms with E-state index in [0.29, 0.717) is 31.9 Å². The fourth-order valence-corrected chi connectivity index (χ4v) is 6.58. The summed E-state index contributed by atoms with van der Waals surface area (Å²) in [6.07, 6.45) is 2.14. The molecule has 1 aromatic heterocycles. The molecule has 0 unspecified atom stereocenters. The Balaban J connectivity index is 1.60. The fourth-order valence-electron chi connectivity index (χ4n) is 4.30. The predicted molar refractivity (Wildman–Crippen MR) is 112 cm³/mol. The average molecular weight is 465 g/mol. The van der Waals surface area contributed by atoms with Crippen LogP contribution in [-0.4, -0.2) is 107 Å². The number of hydrogen-bond donors (Lipinski definition) is 1.